The van der Waals surface area contributed by atoms with E-state index >= 15 is 0 Å². The molecule has 1 aliphatic carbocycles. The van der Waals surface area contributed by atoms with Crippen LogP contribution in [0, 0.1) is 15.9 Å². The quantitative estimate of drug-likeness (QED) is 0.632. The van der Waals surface area contributed by atoms with Crippen molar-refractivity contribution in [3.63, 3.8) is 0 Å². The third kappa shape index (κ3) is 3.99. The summed E-state index contributed by atoms with van der Waals surface area (Å²) in [6.07, 6.45) is 6.66. The topological polar surface area (TPSA) is 67.6 Å². The number of hydrogen-bond donors (Lipinski definition) is 1. The molecule has 0 aromatic heterocycles. The standard InChI is InChI=1S/C19H28FN3O3/c1-19(10-6-15(26-2)7-11-19)22-12-8-14(9-13-22)21-17-5-3-4-16(20)18(17)23(24)25/h3-5,14-15,21H,6-13H2,1-2H3/t15-,19-. The maximum absolute atomic E-state index is 13.8. The van der Waals surface area contributed by atoms with E-state index in [1.807, 2.05) is 0 Å². The third-order valence-corrected chi connectivity index (χ3v) is 6.13. The number of piperidine rings is 1. The lowest BCUT2D eigenvalue weighted by molar-refractivity contribution is -0.386. The van der Waals surface area contributed by atoms with Gasteiger partial charge in [-0.2, -0.15) is 4.39 Å². The van der Waals surface area contributed by atoms with E-state index in [4.69, 9.17) is 4.74 Å². The normalized spacial score (nSPS) is 28.0. The van der Waals surface area contributed by atoms with E-state index in [2.05, 4.69) is 17.1 Å². The van der Waals surface area contributed by atoms with Crippen LogP contribution < -0.4 is 5.32 Å². The summed E-state index contributed by atoms with van der Waals surface area (Å²) in [4.78, 5) is 13.0. The number of nitro benzene ring substituents is 1. The zero-order valence-corrected chi connectivity index (χ0v) is 15.5. The fourth-order valence-electron chi connectivity index (χ4n) is 4.37. The van der Waals surface area contributed by atoms with Crippen molar-refractivity contribution in [1.82, 2.24) is 4.90 Å². The number of halogens is 1. The fourth-order valence-corrected chi connectivity index (χ4v) is 4.37. The number of nitro groups is 1. The van der Waals surface area contributed by atoms with Crippen molar-refractivity contribution in [2.24, 2.45) is 0 Å². The summed E-state index contributed by atoms with van der Waals surface area (Å²) < 4.78 is 19.3. The van der Waals surface area contributed by atoms with Crippen LogP contribution in [0.3, 0.4) is 0 Å². The number of anilines is 1. The van der Waals surface area contributed by atoms with Crippen LogP contribution in [0.25, 0.3) is 0 Å². The summed E-state index contributed by atoms with van der Waals surface area (Å²) in [5, 5.41) is 14.3. The first-order chi connectivity index (χ1) is 12.4. The van der Waals surface area contributed by atoms with Crippen molar-refractivity contribution in [3.8, 4) is 0 Å². The molecule has 1 saturated carbocycles. The van der Waals surface area contributed by atoms with Gasteiger partial charge in [0.1, 0.15) is 5.69 Å². The Labute approximate surface area is 153 Å². The molecule has 7 heteroatoms. The van der Waals surface area contributed by atoms with Crippen LogP contribution >= 0.6 is 0 Å². The first-order valence-electron chi connectivity index (χ1n) is 9.40. The van der Waals surface area contributed by atoms with Gasteiger partial charge < -0.3 is 10.1 Å². The van der Waals surface area contributed by atoms with Gasteiger partial charge in [-0.3, -0.25) is 15.0 Å². The molecule has 1 N–H and O–H groups in total. The lowest BCUT2D eigenvalue weighted by atomic mass is 9.79. The van der Waals surface area contributed by atoms with Crippen LogP contribution in [-0.2, 0) is 4.74 Å². The van der Waals surface area contributed by atoms with Crippen LogP contribution in [0.15, 0.2) is 18.2 Å². The molecule has 0 unspecified atom stereocenters. The molecule has 2 aliphatic rings. The van der Waals surface area contributed by atoms with Gasteiger partial charge in [0, 0.05) is 31.8 Å². The summed E-state index contributed by atoms with van der Waals surface area (Å²) in [6, 6.07) is 4.35. The van der Waals surface area contributed by atoms with E-state index < -0.39 is 16.4 Å². The van der Waals surface area contributed by atoms with E-state index in [-0.39, 0.29) is 17.3 Å². The fraction of sp³-hybridized carbons (Fsp3) is 0.684. The summed E-state index contributed by atoms with van der Waals surface area (Å²) >= 11 is 0. The predicted molar refractivity (Wildman–Crippen MR) is 98.9 cm³/mol. The van der Waals surface area contributed by atoms with E-state index in [1.54, 1.807) is 13.2 Å². The number of rotatable bonds is 5. The van der Waals surface area contributed by atoms with Gasteiger partial charge in [0.2, 0.25) is 5.82 Å². The van der Waals surface area contributed by atoms with E-state index in [9.17, 15) is 14.5 Å². The van der Waals surface area contributed by atoms with Crippen molar-refractivity contribution >= 4 is 11.4 Å². The molecular formula is C19H28FN3O3. The molecule has 0 bridgehead atoms. The lowest BCUT2D eigenvalue weighted by Gasteiger charge is -2.48. The zero-order valence-electron chi connectivity index (χ0n) is 15.5. The van der Waals surface area contributed by atoms with E-state index in [0.717, 1.165) is 57.7 Å². The predicted octanol–water partition coefficient (Wildman–Crippen LogP) is 3.96. The largest absolute Gasteiger partial charge is 0.381 e. The van der Waals surface area contributed by atoms with Gasteiger partial charge in [0.05, 0.1) is 11.0 Å². The van der Waals surface area contributed by atoms with Crippen molar-refractivity contribution < 1.29 is 14.1 Å². The lowest BCUT2D eigenvalue weighted by Crippen LogP contribution is -2.53. The third-order valence-electron chi connectivity index (χ3n) is 6.13. The number of para-hydroxylation sites is 1. The van der Waals surface area contributed by atoms with Crippen LogP contribution in [0.1, 0.15) is 45.4 Å². The molecule has 1 aliphatic heterocycles. The summed E-state index contributed by atoms with van der Waals surface area (Å²) in [7, 11) is 1.79. The maximum Gasteiger partial charge on any atom is 0.327 e. The number of methoxy groups -OCH3 is 1. The molecule has 3 rings (SSSR count). The second-order valence-corrected chi connectivity index (χ2v) is 7.73. The van der Waals surface area contributed by atoms with Crippen molar-refractivity contribution in [1.29, 1.82) is 0 Å². The van der Waals surface area contributed by atoms with Crippen LogP contribution in [0.2, 0.25) is 0 Å². The Kier molecular flexibility index (Phi) is 5.77. The molecule has 1 aromatic rings. The molecule has 0 spiro atoms. The van der Waals surface area contributed by atoms with Gasteiger partial charge in [-0.25, -0.2) is 0 Å². The Bertz CT molecular complexity index is 639. The molecule has 1 saturated heterocycles. The summed E-state index contributed by atoms with van der Waals surface area (Å²) in [5.41, 5.74) is 0.0326. The van der Waals surface area contributed by atoms with Crippen LogP contribution in [-0.4, -0.2) is 47.7 Å². The Morgan fingerprint density at radius 3 is 2.50 bits per heavy atom. The SMILES string of the molecule is CO[C@H]1CC[C@](C)(N2CCC(Nc3cccc(F)c3[N+](=O)[O-])CC2)CC1. The summed E-state index contributed by atoms with van der Waals surface area (Å²) in [5.74, 6) is -0.792. The van der Waals surface area contributed by atoms with Gasteiger partial charge in [-0.05, 0) is 57.6 Å². The molecular weight excluding hydrogens is 337 g/mol. The van der Waals surface area contributed by atoms with Gasteiger partial charge in [-0.15, -0.1) is 0 Å². The van der Waals surface area contributed by atoms with Crippen molar-refractivity contribution in [2.75, 3.05) is 25.5 Å². The highest BCUT2D eigenvalue weighted by atomic mass is 19.1. The van der Waals surface area contributed by atoms with Crippen molar-refractivity contribution in [2.45, 2.75) is 63.1 Å². The molecule has 0 amide bonds. The average molecular weight is 365 g/mol. The first kappa shape index (κ1) is 19.0. The second-order valence-electron chi connectivity index (χ2n) is 7.73. The smallest absolute Gasteiger partial charge is 0.327 e. The van der Waals surface area contributed by atoms with Gasteiger partial charge >= 0.3 is 5.69 Å². The first-order valence-corrected chi connectivity index (χ1v) is 9.40. The van der Waals surface area contributed by atoms with Crippen LogP contribution in [0.4, 0.5) is 15.8 Å². The highest BCUT2D eigenvalue weighted by Gasteiger charge is 2.38. The van der Waals surface area contributed by atoms with Crippen LogP contribution in [0.5, 0.6) is 0 Å². The summed E-state index contributed by atoms with van der Waals surface area (Å²) in [6.45, 7) is 4.24. The van der Waals surface area contributed by atoms with E-state index in [0.29, 0.717) is 6.10 Å². The zero-order chi connectivity index (χ0) is 18.7. The minimum Gasteiger partial charge on any atom is -0.381 e. The second kappa shape index (κ2) is 7.88. The Morgan fingerprint density at radius 2 is 1.92 bits per heavy atom. The highest BCUT2D eigenvalue weighted by molar-refractivity contribution is 5.62. The Hall–Kier alpha value is -1.73. The Balaban J connectivity index is 1.58. The van der Waals surface area contributed by atoms with Gasteiger partial charge in [-0.1, -0.05) is 6.07 Å². The van der Waals surface area contributed by atoms with Crippen molar-refractivity contribution in [3.05, 3.63) is 34.1 Å². The number of nitrogens with one attached hydrogen (secondary N) is 1. The molecule has 0 atom stereocenters. The highest BCUT2D eigenvalue weighted by Crippen LogP contribution is 2.37. The molecule has 2 fully saturated rings. The minimum absolute atomic E-state index is 0.130. The molecule has 26 heavy (non-hydrogen) atoms. The number of hydrogen-bond acceptors (Lipinski definition) is 5. The molecule has 0 radical (unpaired) electrons. The molecule has 1 heterocycles. The Morgan fingerprint density at radius 1 is 1.27 bits per heavy atom. The molecule has 6 nitrogen and oxygen atoms in total. The number of benzene rings is 1. The molecule has 144 valence electrons. The number of nitrogens with zero attached hydrogens (tertiary/aromatic N) is 2. The molecule has 1 aromatic carbocycles. The van der Waals surface area contributed by atoms with E-state index in [1.165, 1.54) is 6.07 Å². The van der Waals surface area contributed by atoms with Gasteiger partial charge in [0.15, 0.2) is 0 Å². The monoisotopic (exact) mass is 365 g/mol. The number of likely N-dealkylation sites (tertiary alicyclic amines) is 1. The maximum atomic E-state index is 13.8. The number of ether oxygens (including phenoxy) is 1. The average Bonchev–Trinajstić information content (AvgIpc) is 2.63. The van der Waals surface area contributed by atoms with Gasteiger partial charge in [0.25, 0.3) is 0 Å². The minimum atomic E-state index is -0.792.